The van der Waals surface area contributed by atoms with E-state index in [1.165, 1.54) is 0 Å². The normalized spacial score (nSPS) is 15.2. The summed E-state index contributed by atoms with van der Waals surface area (Å²) < 4.78 is 0. The van der Waals surface area contributed by atoms with Gasteiger partial charge in [-0.3, -0.25) is 4.79 Å². The second kappa shape index (κ2) is 3.03. The standard InChI is InChI=1S/C8H7NOS2/c10-8-4-12-7-2-1-5(11)3-6(7)9-8/h1-3,11H,4H2,(H,9,10). The fraction of sp³-hybridized carbons (Fsp3) is 0.125. The molecule has 1 aromatic rings. The number of nitrogens with one attached hydrogen (secondary N) is 1. The van der Waals surface area contributed by atoms with E-state index in [-0.39, 0.29) is 5.91 Å². The van der Waals surface area contributed by atoms with Crippen LogP contribution in [0.4, 0.5) is 5.69 Å². The molecule has 0 atom stereocenters. The lowest BCUT2D eigenvalue weighted by atomic mass is 10.3. The largest absolute Gasteiger partial charge is 0.324 e. The van der Waals surface area contributed by atoms with Crippen LogP contribution in [0.5, 0.6) is 0 Å². The van der Waals surface area contributed by atoms with Crippen molar-refractivity contribution in [2.24, 2.45) is 0 Å². The highest BCUT2D eigenvalue weighted by atomic mass is 32.2. The van der Waals surface area contributed by atoms with Gasteiger partial charge in [0.15, 0.2) is 0 Å². The monoisotopic (exact) mass is 197 g/mol. The number of fused-ring (bicyclic) bond motifs is 1. The lowest BCUT2D eigenvalue weighted by Gasteiger charge is -2.15. The van der Waals surface area contributed by atoms with Crippen molar-refractivity contribution >= 4 is 36.0 Å². The maximum atomic E-state index is 11.0. The minimum Gasteiger partial charge on any atom is -0.324 e. The summed E-state index contributed by atoms with van der Waals surface area (Å²) in [5.74, 6) is 0.574. The van der Waals surface area contributed by atoms with E-state index in [2.05, 4.69) is 17.9 Å². The van der Waals surface area contributed by atoms with Crippen LogP contribution in [0.15, 0.2) is 28.0 Å². The predicted molar refractivity (Wildman–Crippen MR) is 53.0 cm³/mol. The Labute approximate surface area is 80.1 Å². The van der Waals surface area contributed by atoms with E-state index in [9.17, 15) is 4.79 Å². The maximum absolute atomic E-state index is 11.0. The molecule has 1 aliphatic heterocycles. The first-order valence-electron chi connectivity index (χ1n) is 3.51. The molecule has 1 aromatic carbocycles. The van der Waals surface area contributed by atoms with Gasteiger partial charge in [0, 0.05) is 9.79 Å². The van der Waals surface area contributed by atoms with E-state index in [0.717, 1.165) is 15.5 Å². The second-order valence-corrected chi connectivity index (χ2v) is 4.05. The van der Waals surface area contributed by atoms with Crippen molar-refractivity contribution in [3.05, 3.63) is 18.2 Å². The highest BCUT2D eigenvalue weighted by Crippen LogP contribution is 2.32. The molecule has 1 heterocycles. The first-order chi connectivity index (χ1) is 5.75. The number of anilines is 1. The van der Waals surface area contributed by atoms with Gasteiger partial charge in [-0.2, -0.15) is 0 Å². The molecule has 0 radical (unpaired) electrons. The number of amides is 1. The molecule has 0 aliphatic carbocycles. The Kier molecular flexibility index (Phi) is 2.02. The Morgan fingerprint density at radius 2 is 2.33 bits per heavy atom. The zero-order chi connectivity index (χ0) is 8.55. The Morgan fingerprint density at radius 3 is 3.17 bits per heavy atom. The number of carbonyl (C=O) groups is 1. The average molecular weight is 197 g/mol. The molecule has 2 rings (SSSR count). The molecule has 12 heavy (non-hydrogen) atoms. The minimum absolute atomic E-state index is 0.0615. The van der Waals surface area contributed by atoms with Gasteiger partial charge in [-0.15, -0.1) is 24.4 Å². The van der Waals surface area contributed by atoms with Gasteiger partial charge in [0.25, 0.3) is 0 Å². The SMILES string of the molecule is O=C1CSc2ccc(S)cc2N1. The van der Waals surface area contributed by atoms with Crippen LogP contribution in [0, 0.1) is 0 Å². The van der Waals surface area contributed by atoms with Gasteiger partial charge in [-0.1, -0.05) is 0 Å². The zero-order valence-electron chi connectivity index (χ0n) is 6.20. The van der Waals surface area contributed by atoms with Crippen molar-refractivity contribution in [3.8, 4) is 0 Å². The molecular formula is C8H7NOS2. The number of hydrogen-bond donors (Lipinski definition) is 2. The molecule has 0 spiro atoms. The highest BCUT2D eigenvalue weighted by molar-refractivity contribution is 8.00. The van der Waals surface area contributed by atoms with E-state index in [4.69, 9.17) is 0 Å². The van der Waals surface area contributed by atoms with Crippen LogP contribution in [0.25, 0.3) is 0 Å². The molecule has 0 saturated carbocycles. The minimum atomic E-state index is 0.0615. The first kappa shape index (κ1) is 8.01. The number of thioether (sulfide) groups is 1. The van der Waals surface area contributed by atoms with Crippen molar-refractivity contribution in [1.29, 1.82) is 0 Å². The van der Waals surface area contributed by atoms with Crippen molar-refractivity contribution in [2.45, 2.75) is 9.79 Å². The summed E-state index contributed by atoms with van der Waals surface area (Å²) in [7, 11) is 0. The number of benzene rings is 1. The first-order valence-corrected chi connectivity index (χ1v) is 4.94. The summed E-state index contributed by atoms with van der Waals surface area (Å²) in [5, 5.41) is 2.79. The highest BCUT2D eigenvalue weighted by Gasteiger charge is 2.14. The topological polar surface area (TPSA) is 29.1 Å². The summed E-state index contributed by atoms with van der Waals surface area (Å²) in [5.41, 5.74) is 0.878. The van der Waals surface area contributed by atoms with Crippen LogP contribution < -0.4 is 5.32 Å². The summed E-state index contributed by atoms with van der Waals surface area (Å²) >= 11 is 5.75. The quantitative estimate of drug-likeness (QED) is 0.623. The summed E-state index contributed by atoms with van der Waals surface area (Å²) in [6, 6.07) is 5.76. The van der Waals surface area contributed by atoms with Gasteiger partial charge >= 0.3 is 0 Å². The number of rotatable bonds is 0. The molecule has 4 heteroatoms. The molecule has 0 saturated heterocycles. The van der Waals surface area contributed by atoms with Crippen LogP contribution in [0.1, 0.15) is 0 Å². The van der Waals surface area contributed by atoms with E-state index >= 15 is 0 Å². The summed E-state index contributed by atoms with van der Waals surface area (Å²) in [4.78, 5) is 13.0. The van der Waals surface area contributed by atoms with Gasteiger partial charge in [-0.05, 0) is 18.2 Å². The van der Waals surface area contributed by atoms with E-state index < -0.39 is 0 Å². The van der Waals surface area contributed by atoms with Gasteiger partial charge in [0.2, 0.25) is 5.91 Å². The third kappa shape index (κ3) is 1.44. The lowest BCUT2D eigenvalue weighted by Crippen LogP contribution is -2.18. The molecule has 1 aliphatic rings. The van der Waals surface area contributed by atoms with Gasteiger partial charge in [0.05, 0.1) is 11.4 Å². The fourth-order valence-electron chi connectivity index (χ4n) is 1.07. The Morgan fingerprint density at radius 1 is 1.50 bits per heavy atom. The number of carbonyl (C=O) groups excluding carboxylic acids is 1. The molecule has 0 unspecified atom stereocenters. The Hall–Kier alpha value is -0.610. The van der Waals surface area contributed by atoms with Crippen molar-refractivity contribution in [3.63, 3.8) is 0 Å². The maximum Gasteiger partial charge on any atom is 0.234 e. The van der Waals surface area contributed by atoms with Gasteiger partial charge in [0.1, 0.15) is 0 Å². The van der Waals surface area contributed by atoms with Crippen molar-refractivity contribution in [2.75, 3.05) is 11.1 Å². The van der Waals surface area contributed by atoms with Gasteiger partial charge < -0.3 is 5.32 Å². The molecule has 1 amide bonds. The third-order valence-corrected chi connectivity index (χ3v) is 2.95. The molecule has 0 bridgehead atoms. The second-order valence-electron chi connectivity index (χ2n) is 2.52. The van der Waals surface area contributed by atoms with Crippen molar-refractivity contribution < 1.29 is 4.79 Å². The van der Waals surface area contributed by atoms with E-state index in [1.54, 1.807) is 11.8 Å². The molecule has 1 N–H and O–H groups in total. The average Bonchev–Trinajstić information content (AvgIpc) is 2.03. The fourth-order valence-corrected chi connectivity index (χ4v) is 2.06. The molecule has 62 valence electrons. The molecule has 0 fully saturated rings. The molecule has 0 aromatic heterocycles. The molecular weight excluding hydrogens is 190 g/mol. The number of thiol groups is 1. The summed E-state index contributed by atoms with van der Waals surface area (Å²) in [6.07, 6.45) is 0. The summed E-state index contributed by atoms with van der Waals surface area (Å²) in [6.45, 7) is 0. The van der Waals surface area contributed by atoms with Crippen LogP contribution in [0.3, 0.4) is 0 Å². The Bertz CT molecular complexity index is 338. The zero-order valence-corrected chi connectivity index (χ0v) is 7.91. The predicted octanol–water partition coefficient (Wildman–Crippen LogP) is 2.02. The lowest BCUT2D eigenvalue weighted by molar-refractivity contribution is -0.113. The van der Waals surface area contributed by atoms with Crippen LogP contribution in [-0.4, -0.2) is 11.7 Å². The van der Waals surface area contributed by atoms with Gasteiger partial charge in [-0.25, -0.2) is 0 Å². The van der Waals surface area contributed by atoms with Crippen molar-refractivity contribution in [1.82, 2.24) is 0 Å². The smallest absolute Gasteiger partial charge is 0.234 e. The van der Waals surface area contributed by atoms with Crippen LogP contribution >= 0.6 is 24.4 Å². The Balaban J connectivity index is 2.44. The van der Waals surface area contributed by atoms with Crippen LogP contribution in [0.2, 0.25) is 0 Å². The molecule has 2 nitrogen and oxygen atoms in total. The van der Waals surface area contributed by atoms with E-state index in [1.807, 2.05) is 18.2 Å². The number of hydrogen-bond acceptors (Lipinski definition) is 3. The van der Waals surface area contributed by atoms with Crippen LogP contribution in [-0.2, 0) is 4.79 Å². The third-order valence-electron chi connectivity index (χ3n) is 1.60. The van der Waals surface area contributed by atoms with E-state index in [0.29, 0.717) is 5.75 Å².